The molecule has 0 aliphatic heterocycles. The van der Waals surface area contributed by atoms with Crippen LogP contribution in [0.3, 0.4) is 0 Å². The topological polar surface area (TPSA) is 8.81 Å². The first-order chi connectivity index (χ1) is 19.3. The monoisotopic (exact) mass is 546 g/mol. The van der Waals surface area contributed by atoms with Crippen molar-refractivity contribution in [2.24, 2.45) is 0 Å². The maximum atomic E-state index is 2.63. The minimum atomic E-state index is 1.23. The predicted molar refractivity (Wildman–Crippen MR) is 175 cm³/mol. The zero-order chi connectivity index (χ0) is 28.1. The van der Waals surface area contributed by atoms with Gasteiger partial charge in [-0.1, -0.05) is 168 Å². The number of hydrogen-bond donors (Lipinski definition) is 0. The first-order valence-electron chi connectivity index (χ1n) is 18.4. The lowest BCUT2D eigenvalue weighted by atomic mass is 10.1. The normalized spacial score (nSPS) is 11.6. The molecule has 0 radical (unpaired) electrons. The van der Waals surface area contributed by atoms with E-state index in [4.69, 9.17) is 0 Å². The van der Waals surface area contributed by atoms with Crippen molar-refractivity contribution in [1.82, 2.24) is 4.57 Å². The highest BCUT2D eigenvalue weighted by atomic mass is 15.1. The van der Waals surface area contributed by atoms with Gasteiger partial charge in [0.1, 0.15) is 12.4 Å². The van der Waals surface area contributed by atoms with Gasteiger partial charge in [-0.05, 0) is 32.1 Å². The highest BCUT2D eigenvalue weighted by Crippen LogP contribution is 2.14. The molecule has 1 rings (SSSR count). The molecule has 0 aliphatic carbocycles. The van der Waals surface area contributed by atoms with Gasteiger partial charge in [0, 0.05) is 6.42 Å². The molecule has 0 amide bonds. The second-order valence-electron chi connectivity index (χ2n) is 12.7. The van der Waals surface area contributed by atoms with Crippen molar-refractivity contribution in [3.8, 4) is 0 Å². The molecule has 0 N–H and O–H groups in total. The van der Waals surface area contributed by atoms with E-state index in [2.05, 4.69) is 42.3 Å². The second kappa shape index (κ2) is 28.7. The van der Waals surface area contributed by atoms with Gasteiger partial charge in [-0.2, -0.15) is 0 Å². The lowest BCUT2D eigenvalue weighted by Gasteiger charge is -2.07. The van der Waals surface area contributed by atoms with Crippen LogP contribution >= 0.6 is 0 Å². The number of nitrogens with zero attached hydrogens (tertiary/aromatic N) is 2. The summed E-state index contributed by atoms with van der Waals surface area (Å²) in [7, 11) is 0. The molecule has 0 bridgehead atoms. The van der Waals surface area contributed by atoms with Crippen LogP contribution in [0.15, 0.2) is 12.4 Å². The van der Waals surface area contributed by atoms with Crippen LogP contribution in [-0.4, -0.2) is 4.57 Å². The van der Waals surface area contributed by atoms with Crippen LogP contribution in [0.4, 0.5) is 0 Å². The summed E-state index contributed by atoms with van der Waals surface area (Å²) in [6, 6.07) is 0. The van der Waals surface area contributed by atoms with Gasteiger partial charge in [0.25, 0.3) is 5.82 Å². The van der Waals surface area contributed by atoms with E-state index in [0.717, 1.165) is 0 Å². The van der Waals surface area contributed by atoms with E-state index >= 15 is 0 Å². The highest BCUT2D eigenvalue weighted by molar-refractivity contribution is 4.84. The zero-order valence-corrected chi connectivity index (χ0v) is 27.5. The summed E-state index contributed by atoms with van der Waals surface area (Å²) in [6.45, 7) is 9.40. The second-order valence-corrected chi connectivity index (χ2v) is 12.7. The third-order valence-electron chi connectivity index (χ3n) is 8.85. The van der Waals surface area contributed by atoms with Crippen molar-refractivity contribution in [3.05, 3.63) is 18.2 Å². The Bertz CT molecular complexity index is 565. The quantitative estimate of drug-likeness (QED) is 0.0648. The van der Waals surface area contributed by atoms with E-state index in [1.807, 2.05) is 0 Å². The first kappa shape index (κ1) is 36.2. The lowest BCUT2D eigenvalue weighted by Crippen LogP contribution is -2.37. The third-order valence-corrected chi connectivity index (χ3v) is 8.85. The van der Waals surface area contributed by atoms with Gasteiger partial charge >= 0.3 is 0 Å². The lowest BCUT2D eigenvalue weighted by molar-refractivity contribution is -0.704. The van der Waals surface area contributed by atoms with Crippen LogP contribution in [-0.2, 0) is 19.5 Å². The van der Waals surface area contributed by atoms with E-state index in [9.17, 15) is 0 Å². The van der Waals surface area contributed by atoms with Crippen LogP contribution < -0.4 is 4.57 Å². The molecule has 2 heteroatoms. The zero-order valence-electron chi connectivity index (χ0n) is 27.5. The summed E-state index contributed by atoms with van der Waals surface area (Å²) < 4.78 is 5.26. The Labute approximate surface area is 247 Å². The smallest absolute Gasteiger partial charge is 0.234 e. The largest absolute Gasteiger partial charge is 0.256 e. The summed E-state index contributed by atoms with van der Waals surface area (Å²) >= 11 is 0. The van der Waals surface area contributed by atoms with Crippen molar-refractivity contribution in [2.75, 3.05) is 0 Å². The van der Waals surface area contributed by atoms with Crippen LogP contribution in [0.2, 0.25) is 0 Å². The average Bonchev–Trinajstić information content (AvgIpc) is 3.33. The summed E-state index contributed by atoms with van der Waals surface area (Å²) in [5, 5.41) is 0. The number of unbranched alkanes of at least 4 members (excludes halogenated alkanes) is 25. The molecular weight excluding hydrogens is 472 g/mol. The van der Waals surface area contributed by atoms with E-state index in [1.54, 1.807) is 5.82 Å². The Morgan fingerprint density at radius 2 is 0.795 bits per heavy atom. The predicted octanol–water partition coefficient (Wildman–Crippen LogP) is 12.3. The maximum absolute atomic E-state index is 2.63. The molecule has 0 fully saturated rings. The molecule has 0 atom stereocenters. The number of aromatic nitrogens is 2. The van der Waals surface area contributed by atoms with Gasteiger partial charge in [0.2, 0.25) is 0 Å². The number of rotatable bonds is 31. The van der Waals surface area contributed by atoms with Crippen molar-refractivity contribution >= 4 is 0 Å². The minimum Gasteiger partial charge on any atom is -0.234 e. The average molecular weight is 546 g/mol. The number of hydrogen-bond acceptors (Lipinski definition) is 0. The molecule has 39 heavy (non-hydrogen) atoms. The molecule has 1 aromatic rings. The molecule has 0 unspecified atom stereocenters. The van der Waals surface area contributed by atoms with Gasteiger partial charge in [0.15, 0.2) is 0 Å². The fourth-order valence-electron chi connectivity index (χ4n) is 6.15. The molecule has 2 nitrogen and oxygen atoms in total. The Kier molecular flexibility index (Phi) is 26.7. The fraction of sp³-hybridized carbons (Fsp3) is 0.919. The highest BCUT2D eigenvalue weighted by Gasteiger charge is 2.16. The minimum absolute atomic E-state index is 1.23. The van der Waals surface area contributed by atoms with E-state index in [0.29, 0.717) is 0 Å². The third kappa shape index (κ3) is 21.6. The molecule has 1 heterocycles. The molecule has 0 saturated heterocycles. The van der Waals surface area contributed by atoms with Gasteiger partial charge in [0.05, 0.1) is 13.1 Å². The van der Waals surface area contributed by atoms with Gasteiger partial charge < -0.3 is 0 Å². The van der Waals surface area contributed by atoms with Crippen molar-refractivity contribution in [3.63, 3.8) is 0 Å². The standard InChI is InChI=1S/C37H73N2/c1-4-7-10-13-16-19-20-23-26-29-32-37-38(33-30-27-24-21-17-14-11-8-5-2)35-36-39(37)34-31-28-25-22-18-15-12-9-6-3/h35-36H,4-34H2,1-3H3/q+1. The van der Waals surface area contributed by atoms with E-state index in [1.165, 1.54) is 199 Å². The summed E-state index contributed by atoms with van der Waals surface area (Å²) in [5.41, 5.74) is 0. The SMILES string of the molecule is CCCCCCCCCCCCc1n(CCCCCCCCCCC)cc[n+]1CCCCCCCCCCC. The molecule has 0 aliphatic rings. The van der Waals surface area contributed by atoms with Crippen LogP contribution in [0, 0.1) is 0 Å². The van der Waals surface area contributed by atoms with Crippen molar-refractivity contribution in [1.29, 1.82) is 0 Å². The molecule has 0 saturated carbocycles. The fourth-order valence-corrected chi connectivity index (χ4v) is 6.15. The molecule has 0 aromatic carbocycles. The van der Waals surface area contributed by atoms with Crippen LogP contribution in [0.25, 0.3) is 0 Å². The summed E-state index contributed by atoms with van der Waals surface area (Å²) in [5.74, 6) is 1.62. The number of imidazole rings is 1. The maximum Gasteiger partial charge on any atom is 0.256 e. The first-order valence-corrected chi connectivity index (χ1v) is 18.4. The Morgan fingerprint density at radius 3 is 1.23 bits per heavy atom. The number of aryl methyl sites for hydroxylation is 2. The van der Waals surface area contributed by atoms with Gasteiger partial charge in [-0.3, -0.25) is 0 Å². The summed E-state index contributed by atoms with van der Waals surface area (Å²) in [6.07, 6.45) is 45.9. The van der Waals surface area contributed by atoms with E-state index < -0.39 is 0 Å². The van der Waals surface area contributed by atoms with E-state index in [-0.39, 0.29) is 0 Å². The molecule has 0 spiro atoms. The van der Waals surface area contributed by atoms with Crippen LogP contribution in [0.5, 0.6) is 0 Å². The molecular formula is C37H73N2+. The van der Waals surface area contributed by atoms with Gasteiger partial charge in [-0.15, -0.1) is 0 Å². The Morgan fingerprint density at radius 1 is 0.436 bits per heavy atom. The molecule has 1 aromatic heterocycles. The Hall–Kier alpha value is -0.790. The Balaban J connectivity index is 2.34. The van der Waals surface area contributed by atoms with Crippen molar-refractivity contribution < 1.29 is 4.57 Å². The van der Waals surface area contributed by atoms with Gasteiger partial charge in [-0.25, -0.2) is 9.13 Å². The summed E-state index contributed by atoms with van der Waals surface area (Å²) in [4.78, 5) is 0. The van der Waals surface area contributed by atoms with Crippen molar-refractivity contribution in [2.45, 2.75) is 220 Å². The molecule has 230 valence electrons. The van der Waals surface area contributed by atoms with Crippen LogP contribution in [0.1, 0.15) is 206 Å².